The molecule has 1 aromatic carbocycles. The zero-order chi connectivity index (χ0) is 13.8. The van der Waals surface area contributed by atoms with Gasteiger partial charge in [0.25, 0.3) is 0 Å². The minimum absolute atomic E-state index is 0.0890. The Bertz CT molecular complexity index is 456. The normalized spacial score (nSPS) is 16.1. The van der Waals surface area contributed by atoms with Gasteiger partial charge in [0.15, 0.2) is 0 Å². The molecule has 0 atom stereocenters. The number of carbonyl (C=O) groups is 1. The van der Waals surface area contributed by atoms with Crippen molar-refractivity contribution in [2.24, 2.45) is 5.73 Å². The predicted octanol–water partition coefficient (Wildman–Crippen LogP) is 1.20. The van der Waals surface area contributed by atoms with E-state index >= 15 is 0 Å². The topological polar surface area (TPSA) is 92.6 Å². The first kappa shape index (κ1) is 13.7. The second kappa shape index (κ2) is 5.93. The molecule has 0 unspecified atom stereocenters. The van der Waals surface area contributed by atoms with Gasteiger partial charge in [0.2, 0.25) is 5.91 Å². The molecule has 2 rings (SSSR count). The van der Waals surface area contributed by atoms with Crippen molar-refractivity contribution in [1.82, 2.24) is 4.90 Å². The number of rotatable bonds is 5. The van der Waals surface area contributed by atoms with Crippen LogP contribution in [0.4, 0.5) is 5.69 Å². The van der Waals surface area contributed by atoms with E-state index in [1.807, 2.05) is 6.07 Å². The molecule has 1 fully saturated rings. The average molecular weight is 263 g/mol. The van der Waals surface area contributed by atoms with E-state index in [2.05, 4.69) is 4.90 Å². The fourth-order valence-corrected chi connectivity index (χ4v) is 2.72. The van der Waals surface area contributed by atoms with Gasteiger partial charge in [-0.3, -0.25) is 9.69 Å². The molecule has 1 aromatic rings. The van der Waals surface area contributed by atoms with Gasteiger partial charge in [-0.25, -0.2) is 0 Å². The number of phenolic OH excluding ortho intramolecular Hbond substituents is 1. The first-order chi connectivity index (χ1) is 9.06. The lowest BCUT2D eigenvalue weighted by Gasteiger charge is -2.27. The lowest BCUT2D eigenvalue weighted by atomic mass is 10.1. The third-order valence-corrected chi connectivity index (χ3v) is 3.68. The van der Waals surface area contributed by atoms with E-state index in [9.17, 15) is 9.90 Å². The molecule has 1 aliphatic carbocycles. The van der Waals surface area contributed by atoms with Gasteiger partial charge in [-0.1, -0.05) is 18.9 Å². The van der Waals surface area contributed by atoms with E-state index in [1.165, 1.54) is 12.8 Å². The zero-order valence-corrected chi connectivity index (χ0v) is 11.0. The molecule has 1 amide bonds. The van der Waals surface area contributed by atoms with Crippen molar-refractivity contribution in [1.29, 1.82) is 0 Å². The summed E-state index contributed by atoms with van der Waals surface area (Å²) in [5.74, 6) is -0.218. The van der Waals surface area contributed by atoms with Crippen molar-refractivity contribution < 1.29 is 9.90 Å². The molecule has 19 heavy (non-hydrogen) atoms. The molecule has 5 N–H and O–H groups in total. The number of anilines is 1. The molecule has 0 spiro atoms. The minimum atomic E-state index is -0.307. The summed E-state index contributed by atoms with van der Waals surface area (Å²) in [5, 5.41) is 9.42. The SMILES string of the molecule is NC(=O)CN(Cc1ccc(O)c(N)c1)C1CCCC1. The highest BCUT2D eigenvalue weighted by molar-refractivity contribution is 5.76. The van der Waals surface area contributed by atoms with Crippen LogP contribution in [-0.4, -0.2) is 28.5 Å². The number of primary amides is 1. The number of nitrogens with zero attached hydrogens (tertiary/aromatic N) is 1. The molecule has 0 bridgehead atoms. The van der Waals surface area contributed by atoms with Gasteiger partial charge in [0.05, 0.1) is 12.2 Å². The van der Waals surface area contributed by atoms with Crippen LogP contribution in [0.15, 0.2) is 18.2 Å². The Hall–Kier alpha value is -1.75. The predicted molar refractivity (Wildman–Crippen MR) is 74.4 cm³/mol. The number of amides is 1. The first-order valence-corrected chi connectivity index (χ1v) is 6.66. The number of hydrogen-bond acceptors (Lipinski definition) is 4. The Morgan fingerprint density at radius 3 is 2.63 bits per heavy atom. The number of nitrogens with two attached hydrogens (primary N) is 2. The van der Waals surface area contributed by atoms with Crippen LogP contribution in [0.25, 0.3) is 0 Å². The fourth-order valence-electron chi connectivity index (χ4n) is 2.72. The van der Waals surface area contributed by atoms with Gasteiger partial charge in [-0.15, -0.1) is 0 Å². The molecule has 0 heterocycles. The second-order valence-corrected chi connectivity index (χ2v) is 5.20. The monoisotopic (exact) mass is 263 g/mol. The fraction of sp³-hybridized carbons (Fsp3) is 0.500. The Morgan fingerprint density at radius 2 is 2.05 bits per heavy atom. The summed E-state index contributed by atoms with van der Waals surface area (Å²) in [4.78, 5) is 13.3. The van der Waals surface area contributed by atoms with Crippen molar-refractivity contribution >= 4 is 11.6 Å². The van der Waals surface area contributed by atoms with Crippen LogP contribution in [0.1, 0.15) is 31.2 Å². The Balaban J connectivity index is 2.09. The molecular formula is C14H21N3O2. The molecule has 0 aromatic heterocycles. The van der Waals surface area contributed by atoms with Crippen LogP contribution in [0, 0.1) is 0 Å². The largest absolute Gasteiger partial charge is 0.506 e. The Morgan fingerprint density at radius 1 is 1.37 bits per heavy atom. The van der Waals surface area contributed by atoms with Crippen LogP contribution in [0.5, 0.6) is 5.75 Å². The Labute approximate surface area is 113 Å². The first-order valence-electron chi connectivity index (χ1n) is 6.66. The Kier molecular flexibility index (Phi) is 4.27. The highest BCUT2D eigenvalue weighted by atomic mass is 16.3. The maximum atomic E-state index is 11.2. The van der Waals surface area contributed by atoms with Crippen molar-refractivity contribution in [3.8, 4) is 5.75 Å². The summed E-state index contributed by atoms with van der Waals surface area (Å²) in [6.45, 7) is 0.906. The van der Waals surface area contributed by atoms with E-state index < -0.39 is 0 Å². The number of benzene rings is 1. The molecule has 5 nitrogen and oxygen atoms in total. The van der Waals surface area contributed by atoms with Gasteiger partial charge < -0.3 is 16.6 Å². The third-order valence-electron chi connectivity index (χ3n) is 3.68. The smallest absolute Gasteiger partial charge is 0.231 e. The number of phenols is 1. The van der Waals surface area contributed by atoms with E-state index in [4.69, 9.17) is 11.5 Å². The minimum Gasteiger partial charge on any atom is -0.506 e. The zero-order valence-electron chi connectivity index (χ0n) is 11.0. The summed E-state index contributed by atoms with van der Waals surface area (Å²) in [5.41, 5.74) is 12.4. The molecule has 104 valence electrons. The van der Waals surface area contributed by atoms with E-state index in [1.54, 1.807) is 12.1 Å². The second-order valence-electron chi connectivity index (χ2n) is 5.20. The molecule has 0 radical (unpaired) electrons. The number of carbonyl (C=O) groups excluding carboxylic acids is 1. The molecular weight excluding hydrogens is 242 g/mol. The molecule has 5 heteroatoms. The van der Waals surface area contributed by atoms with Crippen molar-refractivity contribution in [3.63, 3.8) is 0 Å². The third kappa shape index (κ3) is 3.61. The van der Waals surface area contributed by atoms with Gasteiger partial charge in [-0.05, 0) is 30.5 Å². The van der Waals surface area contributed by atoms with Crippen LogP contribution in [-0.2, 0) is 11.3 Å². The maximum absolute atomic E-state index is 11.2. The standard InChI is InChI=1S/C14H21N3O2/c15-12-7-10(5-6-13(12)18)8-17(9-14(16)19)11-3-1-2-4-11/h5-7,11,18H,1-4,8-9,15H2,(H2,16,19). The molecule has 0 saturated heterocycles. The van der Waals surface area contributed by atoms with Crippen LogP contribution in [0.3, 0.4) is 0 Å². The summed E-state index contributed by atoms with van der Waals surface area (Å²) in [6, 6.07) is 5.58. The number of hydrogen-bond donors (Lipinski definition) is 3. The number of aromatic hydroxyl groups is 1. The highest BCUT2D eigenvalue weighted by Crippen LogP contribution is 2.26. The average Bonchev–Trinajstić information content (AvgIpc) is 2.86. The van der Waals surface area contributed by atoms with E-state index in [0.29, 0.717) is 18.3 Å². The summed E-state index contributed by atoms with van der Waals surface area (Å²) >= 11 is 0. The lowest BCUT2D eigenvalue weighted by molar-refractivity contribution is -0.119. The van der Waals surface area contributed by atoms with Crippen LogP contribution >= 0.6 is 0 Å². The molecule has 0 aliphatic heterocycles. The van der Waals surface area contributed by atoms with Crippen LogP contribution < -0.4 is 11.5 Å². The van der Waals surface area contributed by atoms with Gasteiger partial charge in [0.1, 0.15) is 5.75 Å². The highest BCUT2D eigenvalue weighted by Gasteiger charge is 2.23. The van der Waals surface area contributed by atoms with Crippen LogP contribution in [0.2, 0.25) is 0 Å². The van der Waals surface area contributed by atoms with Crippen molar-refractivity contribution in [2.45, 2.75) is 38.3 Å². The molecule has 1 aliphatic rings. The molecule has 1 saturated carbocycles. The quantitative estimate of drug-likeness (QED) is 0.550. The van der Waals surface area contributed by atoms with Crippen molar-refractivity contribution in [3.05, 3.63) is 23.8 Å². The van der Waals surface area contributed by atoms with Gasteiger partial charge in [0, 0.05) is 12.6 Å². The maximum Gasteiger partial charge on any atom is 0.231 e. The van der Waals surface area contributed by atoms with Crippen molar-refractivity contribution in [2.75, 3.05) is 12.3 Å². The van der Waals surface area contributed by atoms with Gasteiger partial charge >= 0.3 is 0 Å². The lowest BCUT2D eigenvalue weighted by Crippen LogP contribution is -2.39. The summed E-state index contributed by atoms with van der Waals surface area (Å²) in [6.07, 6.45) is 4.64. The summed E-state index contributed by atoms with van der Waals surface area (Å²) in [7, 11) is 0. The van der Waals surface area contributed by atoms with E-state index in [-0.39, 0.29) is 18.2 Å². The van der Waals surface area contributed by atoms with Gasteiger partial charge in [-0.2, -0.15) is 0 Å². The van der Waals surface area contributed by atoms with E-state index in [0.717, 1.165) is 18.4 Å². The summed E-state index contributed by atoms with van der Waals surface area (Å²) < 4.78 is 0. The number of nitrogen functional groups attached to an aromatic ring is 1.